The van der Waals surface area contributed by atoms with Crippen molar-refractivity contribution in [1.82, 2.24) is 4.98 Å². The molecule has 2 aliphatic carbocycles. The van der Waals surface area contributed by atoms with Crippen LogP contribution in [0.2, 0.25) is 0 Å². The van der Waals surface area contributed by atoms with E-state index in [9.17, 15) is 18.8 Å². The van der Waals surface area contributed by atoms with E-state index in [-0.39, 0.29) is 57.4 Å². The van der Waals surface area contributed by atoms with Crippen molar-refractivity contribution in [1.29, 1.82) is 0 Å². The summed E-state index contributed by atoms with van der Waals surface area (Å²) in [6, 6.07) is 14.1. The smallest absolute Gasteiger partial charge is 0.305 e. The molecule has 2 saturated carbocycles. The van der Waals surface area contributed by atoms with Gasteiger partial charge >= 0.3 is 4.87 Å². The van der Waals surface area contributed by atoms with Crippen LogP contribution in [0.15, 0.2) is 58.4 Å². The number of aromatic amines is 1. The molecule has 9 heteroatoms. The molecule has 184 valence electrons. The Hall–Kier alpha value is -2.91. The number of thiazole rings is 1. The summed E-state index contributed by atoms with van der Waals surface area (Å²) in [6.45, 7) is 0. The molecule has 4 aliphatic rings. The fourth-order valence-corrected chi connectivity index (χ4v) is 10.1. The number of halogens is 1. The van der Waals surface area contributed by atoms with E-state index in [2.05, 4.69) is 34.1 Å². The van der Waals surface area contributed by atoms with E-state index in [1.807, 2.05) is 14.1 Å². The third kappa shape index (κ3) is 2.99. The minimum Gasteiger partial charge on any atom is -0.378 e. The predicted octanol–water partition coefficient (Wildman–Crippen LogP) is 4.32. The van der Waals surface area contributed by atoms with Gasteiger partial charge in [0.1, 0.15) is 5.82 Å². The van der Waals surface area contributed by atoms with Gasteiger partial charge in [-0.25, -0.2) is 4.39 Å². The molecule has 0 radical (unpaired) electrons. The zero-order valence-electron chi connectivity index (χ0n) is 19.7. The Morgan fingerprint density at radius 3 is 2.28 bits per heavy atom. The SMILES string of the molecule is CN(C)c1ccc([C@@H]2c3sc(=O)[nH]c3S[C@@H]3[C@@H]4C[C@H]([C@H]5C(=O)N(c6ccc(F)cc6)C(=O)[C@H]45)[C@H]23)cc1. The third-order valence-electron chi connectivity index (χ3n) is 8.58. The number of anilines is 2. The molecule has 1 saturated heterocycles. The molecular weight excluding hydrogens is 497 g/mol. The van der Waals surface area contributed by atoms with Crippen molar-refractivity contribution in [2.75, 3.05) is 23.9 Å². The maximum absolute atomic E-state index is 13.7. The monoisotopic (exact) mass is 521 g/mol. The molecule has 1 aromatic heterocycles. The molecule has 2 aromatic carbocycles. The van der Waals surface area contributed by atoms with Crippen LogP contribution in [-0.2, 0) is 9.59 Å². The Morgan fingerprint density at radius 1 is 0.944 bits per heavy atom. The number of thioether (sulfide) groups is 1. The molecule has 7 atom stereocenters. The van der Waals surface area contributed by atoms with Crippen molar-refractivity contribution < 1.29 is 14.0 Å². The van der Waals surface area contributed by atoms with E-state index in [1.165, 1.54) is 40.5 Å². The lowest BCUT2D eigenvalue weighted by molar-refractivity contribution is -0.123. The standard InChI is InChI=1S/C27H24FN3O3S2/c1-30(2)14-7-3-12(4-8-14)18-19-16-11-17(22(19)35-24-23(18)36-27(34)29-24)21-20(16)25(32)31(26(21)33)15-9-5-13(28)6-10-15/h3-10,16-22H,11H2,1-2H3,(H,29,34)/t16-,17+,18-,19+,20+,21+,22+/m0/s1. The highest BCUT2D eigenvalue weighted by molar-refractivity contribution is 8.00. The number of amides is 2. The van der Waals surface area contributed by atoms with Gasteiger partial charge in [0.15, 0.2) is 0 Å². The van der Waals surface area contributed by atoms with Crippen molar-refractivity contribution in [2.24, 2.45) is 29.6 Å². The first kappa shape index (κ1) is 22.3. The highest BCUT2D eigenvalue weighted by atomic mass is 32.2. The van der Waals surface area contributed by atoms with Crippen LogP contribution < -0.4 is 14.7 Å². The Kier molecular flexibility index (Phi) is 4.83. The molecule has 2 aliphatic heterocycles. The van der Waals surface area contributed by atoms with Crippen molar-refractivity contribution in [3.05, 3.63) is 74.5 Å². The van der Waals surface area contributed by atoms with Gasteiger partial charge in [-0.2, -0.15) is 0 Å². The van der Waals surface area contributed by atoms with Crippen LogP contribution in [-0.4, -0.2) is 36.1 Å². The van der Waals surface area contributed by atoms with Gasteiger partial charge < -0.3 is 9.88 Å². The number of fused-ring (bicyclic) bond motifs is 9. The summed E-state index contributed by atoms with van der Waals surface area (Å²) >= 11 is 2.95. The number of H-pyrrole nitrogens is 1. The molecule has 6 nitrogen and oxygen atoms in total. The maximum atomic E-state index is 13.7. The number of nitrogens with one attached hydrogen (secondary N) is 1. The summed E-state index contributed by atoms with van der Waals surface area (Å²) < 4.78 is 13.5. The zero-order valence-corrected chi connectivity index (χ0v) is 21.3. The Balaban J connectivity index is 1.31. The van der Waals surface area contributed by atoms with Crippen molar-refractivity contribution in [3.63, 3.8) is 0 Å². The maximum Gasteiger partial charge on any atom is 0.305 e. The number of hydrogen-bond acceptors (Lipinski definition) is 6. The summed E-state index contributed by atoms with van der Waals surface area (Å²) in [7, 11) is 4.01. The lowest BCUT2D eigenvalue weighted by atomic mass is 9.68. The summed E-state index contributed by atoms with van der Waals surface area (Å²) in [5, 5.41) is 1.06. The molecule has 3 heterocycles. The van der Waals surface area contributed by atoms with Gasteiger partial charge in [0.2, 0.25) is 11.8 Å². The van der Waals surface area contributed by atoms with Gasteiger partial charge in [-0.3, -0.25) is 19.3 Å². The van der Waals surface area contributed by atoms with Gasteiger partial charge in [0.05, 0.1) is 22.5 Å². The lowest BCUT2D eigenvalue weighted by Crippen LogP contribution is -2.42. The van der Waals surface area contributed by atoms with Crippen LogP contribution in [0.25, 0.3) is 0 Å². The first-order valence-corrected chi connectivity index (χ1v) is 13.8. The van der Waals surface area contributed by atoms with Crippen LogP contribution in [0.1, 0.15) is 22.8 Å². The molecule has 2 bridgehead atoms. The van der Waals surface area contributed by atoms with E-state index in [0.717, 1.165) is 27.6 Å². The number of aromatic nitrogens is 1. The summed E-state index contributed by atoms with van der Waals surface area (Å²) in [5.74, 6) is -1.16. The number of carbonyl (C=O) groups is 2. The lowest BCUT2D eigenvalue weighted by Gasteiger charge is -2.43. The summed E-state index contributed by atoms with van der Waals surface area (Å²) in [6.07, 6.45) is 0.845. The number of imide groups is 1. The summed E-state index contributed by atoms with van der Waals surface area (Å²) in [4.78, 5) is 47.1. The molecular formula is C27H24FN3O3S2. The Labute approximate surface area is 215 Å². The largest absolute Gasteiger partial charge is 0.378 e. The zero-order chi connectivity index (χ0) is 24.9. The first-order chi connectivity index (χ1) is 17.3. The Bertz CT molecular complexity index is 1450. The highest BCUT2D eigenvalue weighted by Gasteiger charge is 2.69. The van der Waals surface area contributed by atoms with Crippen molar-refractivity contribution in [2.45, 2.75) is 22.6 Å². The molecule has 0 spiro atoms. The van der Waals surface area contributed by atoms with E-state index < -0.39 is 5.82 Å². The van der Waals surface area contributed by atoms with Crippen LogP contribution >= 0.6 is 23.1 Å². The molecule has 2 amide bonds. The Morgan fingerprint density at radius 2 is 1.61 bits per heavy atom. The quantitative estimate of drug-likeness (QED) is 0.520. The number of nitrogens with zero attached hydrogens (tertiary/aromatic N) is 2. The van der Waals surface area contributed by atoms with E-state index in [0.29, 0.717) is 5.69 Å². The second-order valence-corrected chi connectivity index (χ2v) is 12.6. The number of carbonyl (C=O) groups excluding carboxylic acids is 2. The van der Waals surface area contributed by atoms with Crippen LogP contribution in [0, 0.1) is 35.4 Å². The average molecular weight is 522 g/mol. The third-order valence-corrected chi connectivity index (χ3v) is 11.2. The van der Waals surface area contributed by atoms with Gasteiger partial charge in [-0.1, -0.05) is 23.5 Å². The molecule has 3 fully saturated rings. The molecule has 36 heavy (non-hydrogen) atoms. The van der Waals surface area contributed by atoms with Gasteiger partial charge in [0, 0.05) is 35.8 Å². The normalized spacial score (nSPS) is 32.0. The van der Waals surface area contributed by atoms with Crippen LogP contribution in [0.4, 0.5) is 15.8 Å². The van der Waals surface area contributed by atoms with E-state index >= 15 is 0 Å². The van der Waals surface area contributed by atoms with Crippen LogP contribution in [0.5, 0.6) is 0 Å². The number of hydrogen-bond donors (Lipinski definition) is 1. The molecule has 0 unspecified atom stereocenters. The highest BCUT2D eigenvalue weighted by Crippen LogP contribution is 2.68. The van der Waals surface area contributed by atoms with Crippen LogP contribution in [0.3, 0.4) is 0 Å². The van der Waals surface area contributed by atoms with Crippen molar-refractivity contribution >= 4 is 46.3 Å². The second-order valence-electron chi connectivity index (χ2n) is 10.4. The fraction of sp³-hybridized carbons (Fsp3) is 0.370. The minimum absolute atomic E-state index is 0.00476. The predicted molar refractivity (Wildman–Crippen MR) is 138 cm³/mol. The first-order valence-electron chi connectivity index (χ1n) is 12.1. The topological polar surface area (TPSA) is 73.5 Å². The minimum atomic E-state index is -0.399. The second kappa shape index (κ2) is 7.79. The average Bonchev–Trinajstić information content (AvgIpc) is 3.59. The number of rotatable bonds is 3. The molecule has 3 aromatic rings. The van der Waals surface area contributed by atoms with Crippen molar-refractivity contribution in [3.8, 4) is 0 Å². The van der Waals surface area contributed by atoms with E-state index in [4.69, 9.17) is 0 Å². The van der Waals surface area contributed by atoms with Gasteiger partial charge in [-0.15, -0.1) is 11.8 Å². The number of benzene rings is 2. The fourth-order valence-electron chi connectivity index (χ4n) is 7.21. The molecule has 1 N–H and O–H groups in total. The molecule has 7 rings (SSSR count). The summed E-state index contributed by atoms with van der Waals surface area (Å²) in [5.41, 5.74) is 2.68. The van der Waals surface area contributed by atoms with Gasteiger partial charge in [-0.05, 0) is 66.1 Å². The van der Waals surface area contributed by atoms with Gasteiger partial charge in [0.25, 0.3) is 0 Å². The van der Waals surface area contributed by atoms with E-state index in [1.54, 1.807) is 11.8 Å².